The zero-order valence-corrected chi connectivity index (χ0v) is 17.5. The smallest absolute Gasteiger partial charge is 0.416 e. The average molecular weight is 443 g/mol. The lowest BCUT2D eigenvalue weighted by atomic mass is 10.0. The quantitative estimate of drug-likeness (QED) is 0.487. The number of para-hydroxylation sites is 1. The molecule has 0 fully saturated rings. The van der Waals surface area contributed by atoms with Gasteiger partial charge in [0, 0.05) is 4.90 Å². The molecule has 0 radical (unpaired) electrons. The third kappa shape index (κ3) is 4.56. The first-order valence-electron chi connectivity index (χ1n) is 9.72. The van der Waals surface area contributed by atoms with Crippen LogP contribution in [0.15, 0.2) is 77.7 Å². The van der Waals surface area contributed by atoms with E-state index in [9.17, 15) is 18.0 Å². The highest BCUT2D eigenvalue weighted by Crippen LogP contribution is 2.42. The molecule has 1 aliphatic rings. The van der Waals surface area contributed by atoms with Crippen molar-refractivity contribution in [2.45, 2.75) is 29.3 Å². The number of benzene rings is 3. The van der Waals surface area contributed by atoms with Crippen LogP contribution in [0.3, 0.4) is 0 Å². The van der Waals surface area contributed by atoms with E-state index in [2.05, 4.69) is 0 Å². The summed E-state index contributed by atoms with van der Waals surface area (Å²) in [5.74, 6) is 0.491. The van der Waals surface area contributed by atoms with Crippen LogP contribution in [-0.2, 0) is 23.9 Å². The number of rotatable bonds is 5. The predicted molar refractivity (Wildman–Crippen MR) is 115 cm³/mol. The molecule has 1 unspecified atom stereocenters. The molecule has 1 aliphatic heterocycles. The molecule has 3 nitrogen and oxygen atoms in total. The van der Waals surface area contributed by atoms with Gasteiger partial charge in [0.25, 0.3) is 0 Å². The maximum absolute atomic E-state index is 13.5. The molecule has 1 heterocycles. The number of carbonyl (C=O) groups is 1. The van der Waals surface area contributed by atoms with E-state index in [1.807, 2.05) is 36.4 Å². The van der Waals surface area contributed by atoms with Crippen molar-refractivity contribution < 1.29 is 22.7 Å². The Kier molecular flexibility index (Phi) is 5.96. The van der Waals surface area contributed by atoms with Crippen molar-refractivity contribution in [3.8, 4) is 5.75 Å². The standard InChI is InChI=1S/C24H20F3NO2S/c1-30-18-9-6-7-16(13-18)14-22-23(29)28(20-11-4-5-12-21(20)31-22)15-17-8-2-3-10-19(17)24(25,26)27/h2-13,22H,14-15H2,1H3. The number of thioether (sulfide) groups is 1. The van der Waals surface area contributed by atoms with Crippen molar-refractivity contribution in [2.75, 3.05) is 12.0 Å². The average Bonchev–Trinajstić information content (AvgIpc) is 2.76. The third-order valence-electron chi connectivity index (χ3n) is 5.17. The van der Waals surface area contributed by atoms with Crippen molar-refractivity contribution in [1.82, 2.24) is 0 Å². The Hall–Kier alpha value is -2.93. The number of ether oxygens (including phenoxy) is 1. The summed E-state index contributed by atoms with van der Waals surface area (Å²) < 4.78 is 45.8. The van der Waals surface area contributed by atoms with Crippen LogP contribution in [0.1, 0.15) is 16.7 Å². The molecule has 1 amide bonds. The molecule has 4 rings (SSSR count). The molecule has 0 N–H and O–H groups in total. The number of methoxy groups -OCH3 is 1. The molecule has 1 atom stereocenters. The highest BCUT2D eigenvalue weighted by molar-refractivity contribution is 8.01. The number of hydrogen-bond acceptors (Lipinski definition) is 3. The summed E-state index contributed by atoms with van der Waals surface area (Å²) in [5.41, 5.74) is 0.921. The van der Waals surface area contributed by atoms with Crippen LogP contribution in [0.5, 0.6) is 5.75 Å². The van der Waals surface area contributed by atoms with Gasteiger partial charge in [0.05, 0.1) is 30.2 Å². The second-order valence-electron chi connectivity index (χ2n) is 7.21. The number of nitrogens with zero attached hydrogens (tertiary/aromatic N) is 1. The summed E-state index contributed by atoms with van der Waals surface area (Å²) in [6.07, 6.45) is -4.03. The minimum atomic E-state index is -4.48. The van der Waals surface area contributed by atoms with Crippen molar-refractivity contribution in [3.05, 3.63) is 89.5 Å². The number of fused-ring (bicyclic) bond motifs is 1. The highest BCUT2D eigenvalue weighted by atomic mass is 32.2. The summed E-state index contributed by atoms with van der Waals surface area (Å²) in [4.78, 5) is 15.8. The number of amides is 1. The van der Waals surface area contributed by atoms with Crippen LogP contribution < -0.4 is 9.64 Å². The maximum atomic E-state index is 13.5. The normalized spacial score (nSPS) is 16.2. The van der Waals surface area contributed by atoms with Crippen LogP contribution in [0, 0.1) is 0 Å². The predicted octanol–water partition coefficient (Wildman–Crippen LogP) is 5.96. The molecule has 7 heteroatoms. The Morgan fingerprint density at radius 1 is 1.00 bits per heavy atom. The Morgan fingerprint density at radius 2 is 1.74 bits per heavy atom. The summed E-state index contributed by atoms with van der Waals surface area (Å²) >= 11 is 1.44. The van der Waals surface area contributed by atoms with Gasteiger partial charge in [-0.15, -0.1) is 11.8 Å². The molecule has 0 bridgehead atoms. The van der Waals surface area contributed by atoms with Crippen LogP contribution in [0.25, 0.3) is 0 Å². The first-order valence-corrected chi connectivity index (χ1v) is 10.6. The van der Waals surface area contributed by atoms with E-state index in [0.717, 1.165) is 16.5 Å². The van der Waals surface area contributed by atoms with Gasteiger partial charge in [-0.3, -0.25) is 4.79 Å². The molecule has 3 aromatic carbocycles. The zero-order valence-electron chi connectivity index (χ0n) is 16.7. The Morgan fingerprint density at radius 3 is 2.52 bits per heavy atom. The van der Waals surface area contributed by atoms with Gasteiger partial charge >= 0.3 is 6.18 Å². The molecule has 0 saturated carbocycles. The summed E-state index contributed by atoms with van der Waals surface area (Å²) in [6, 6.07) is 20.2. The van der Waals surface area contributed by atoms with E-state index in [-0.39, 0.29) is 18.0 Å². The van der Waals surface area contributed by atoms with Gasteiger partial charge in [-0.05, 0) is 47.9 Å². The summed E-state index contributed by atoms with van der Waals surface area (Å²) in [7, 11) is 1.58. The zero-order chi connectivity index (χ0) is 22.0. The van der Waals surface area contributed by atoms with Gasteiger partial charge in [-0.2, -0.15) is 13.2 Å². The second kappa shape index (κ2) is 8.67. The van der Waals surface area contributed by atoms with Gasteiger partial charge in [-0.25, -0.2) is 0 Å². The van der Waals surface area contributed by atoms with Gasteiger partial charge in [0.2, 0.25) is 5.91 Å². The molecule has 0 aliphatic carbocycles. The number of anilines is 1. The van der Waals surface area contributed by atoms with Crippen LogP contribution in [0.2, 0.25) is 0 Å². The van der Waals surface area contributed by atoms with E-state index in [4.69, 9.17) is 4.74 Å². The first kappa shape index (κ1) is 21.3. The molecule has 3 aromatic rings. The lowest BCUT2D eigenvalue weighted by Gasteiger charge is -2.34. The monoisotopic (exact) mass is 443 g/mol. The number of hydrogen-bond donors (Lipinski definition) is 0. The summed E-state index contributed by atoms with van der Waals surface area (Å²) in [6.45, 7) is -0.138. The topological polar surface area (TPSA) is 29.5 Å². The minimum absolute atomic E-state index is 0.0742. The van der Waals surface area contributed by atoms with Gasteiger partial charge in [0.1, 0.15) is 5.75 Å². The fourth-order valence-corrected chi connectivity index (χ4v) is 4.95. The van der Waals surface area contributed by atoms with Crippen molar-refractivity contribution in [3.63, 3.8) is 0 Å². The molecule has 31 heavy (non-hydrogen) atoms. The minimum Gasteiger partial charge on any atom is -0.497 e. The van der Waals surface area contributed by atoms with E-state index in [0.29, 0.717) is 17.9 Å². The number of halogens is 3. The molecule has 160 valence electrons. The summed E-state index contributed by atoms with van der Waals surface area (Å²) in [5, 5.41) is -0.444. The van der Waals surface area contributed by atoms with Crippen LogP contribution in [-0.4, -0.2) is 18.3 Å². The Bertz CT molecular complexity index is 1100. The SMILES string of the molecule is COc1cccc(CC2Sc3ccccc3N(Cc3ccccc3C(F)(F)F)C2=O)c1. The molecular formula is C24H20F3NO2S. The van der Waals surface area contributed by atoms with Crippen molar-refractivity contribution in [1.29, 1.82) is 0 Å². The first-order chi connectivity index (χ1) is 14.9. The molecular weight excluding hydrogens is 423 g/mol. The van der Waals surface area contributed by atoms with Crippen LogP contribution >= 0.6 is 11.8 Å². The van der Waals surface area contributed by atoms with E-state index < -0.39 is 17.0 Å². The fourth-order valence-electron chi connectivity index (χ4n) is 3.69. The number of carbonyl (C=O) groups excluding carboxylic acids is 1. The molecule has 0 spiro atoms. The van der Waals surface area contributed by atoms with Crippen molar-refractivity contribution >= 4 is 23.4 Å². The lowest BCUT2D eigenvalue weighted by Crippen LogP contribution is -2.41. The fraction of sp³-hybridized carbons (Fsp3) is 0.208. The third-order valence-corrected chi connectivity index (χ3v) is 6.43. The Balaban J connectivity index is 1.68. The van der Waals surface area contributed by atoms with Gasteiger partial charge in [-0.1, -0.05) is 42.5 Å². The Labute approximate surface area is 182 Å². The second-order valence-corrected chi connectivity index (χ2v) is 8.45. The van der Waals surface area contributed by atoms with E-state index in [1.165, 1.54) is 28.8 Å². The maximum Gasteiger partial charge on any atom is 0.416 e. The van der Waals surface area contributed by atoms with Gasteiger partial charge in [0.15, 0.2) is 0 Å². The van der Waals surface area contributed by atoms with E-state index in [1.54, 1.807) is 25.3 Å². The van der Waals surface area contributed by atoms with Crippen molar-refractivity contribution in [2.24, 2.45) is 0 Å². The van der Waals surface area contributed by atoms with Gasteiger partial charge < -0.3 is 9.64 Å². The largest absolute Gasteiger partial charge is 0.497 e. The molecule has 0 saturated heterocycles. The highest BCUT2D eigenvalue weighted by Gasteiger charge is 2.37. The van der Waals surface area contributed by atoms with Crippen LogP contribution in [0.4, 0.5) is 18.9 Å². The van der Waals surface area contributed by atoms with E-state index >= 15 is 0 Å². The lowest BCUT2D eigenvalue weighted by molar-refractivity contribution is -0.138. The molecule has 0 aromatic heterocycles. The number of alkyl halides is 3.